The Morgan fingerprint density at radius 1 is 1.00 bits per heavy atom. The number of carbonyl (C=O) groups excluding carboxylic acids is 1. The number of carbonyl (C=O) groups is 1. The summed E-state index contributed by atoms with van der Waals surface area (Å²) in [4.78, 5) is 17.0. The van der Waals surface area contributed by atoms with Gasteiger partial charge in [-0.2, -0.15) is 0 Å². The lowest BCUT2D eigenvalue weighted by molar-refractivity contribution is 0.0951. The molecular weight excluding hydrogens is 284 g/mol. The van der Waals surface area contributed by atoms with Crippen LogP contribution in [-0.2, 0) is 5.41 Å². The molecule has 0 radical (unpaired) electrons. The zero-order chi connectivity index (χ0) is 15.7. The first kappa shape index (κ1) is 13.9. The van der Waals surface area contributed by atoms with Crippen LogP contribution in [0.5, 0.6) is 0 Å². The monoisotopic (exact) mass is 302 g/mol. The minimum Gasteiger partial charge on any atom is -0.351 e. The number of amides is 1. The predicted octanol–water partition coefficient (Wildman–Crippen LogP) is 3.70. The zero-order valence-corrected chi connectivity index (χ0v) is 12.8. The van der Waals surface area contributed by atoms with E-state index in [-0.39, 0.29) is 11.3 Å². The van der Waals surface area contributed by atoms with Crippen molar-refractivity contribution < 1.29 is 4.79 Å². The van der Waals surface area contributed by atoms with Crippen LogP contribution in [0.1, 0.15) is 28.8 Å². The third-order valence-electron chi connectivity index (χ3n) is 4.70. The van der Waals surface area contributed by atoms with Crippen molar-refractivity contribution >= 4 is 16.8 Å². The summed E-state index contributed by atoms with van der Waals surface area (Å²) in [5, 5.41) is 4.10. The Bertz CT molecular complexity index is 848. The number of aromatic nitrogens is 1. The highest BCUT2D eigenvalue weighted by Gasteiger charge is 2.44. The number of nitrogens with one attached hydrogen (secondary N) is 1. The fraction of sp³-hybridized carbons (Fsp3) is 0.200. The van der Waals surface area contributed by atoms with E-state index in [1.54, 1.807) is 6.20 Å². The quantitative estimate of drug-likeness (QED) is 0.798. The lowest BCUT2D eigenvalue weighted by Gasteiger charge is -2.17. The molecule has 0 unspecified atom stereocenters. The lowest BCUT2D eigenvalue weighted by Crippen LogP contribution is -2.32. The van der Waals surface area contributed by atoms with Gasteiger partial charge in [0.25, 0.3) is 5.91 Å². The van der Waals surface area contributed by atoms with E-state index in [2.05, 4.69) is 34.6 Å². The van der Waals surface area contributed by atoms with Crippen molar-refractivity contribution in [2.24, 2.45) is 0 Å². The van der Waals surface area contributed by atoms with E-state index in [1.165, 1.54) is 5.56 Å². The number of fused-ring (bicyclic) bond motifs is 1. The fourth-order valence-corrected chi connectivity index (χ4v) is 3.14. The van der Waals surface area contributed by atoms with Gasteiger partial charge < -0.3 is 5.32 Å². The molecule has 0 atom stereocenters. The van der Waals surface area contributed by atoms with E-state index in [0.717, 1.165) is 23.7 Å². The summed E-state index contributed by atoms with van der Waals surface area (Å²) in [5.41, 5.74) is 2.84. The summed E-state index contributed by atoms with van der Waals surface area (Å²) < 4.78 is 0. The molecule has 3 nitrogen and oxygen atoms in total. The molecule has 1 aliphatic rings. The predicted molar refractivity (Wildman–Crippen MR) is 91.4 cm³/mol. The first-order chi connectivity index (χ1) is 11.3. The van der Waals surface area contributed by atoms with Crippen LogP contribution in [0, 0.1) is 0 Å². The molecule has 1 aliphatic carbocycles. The van der Waals surface area contributed by atoms with E-state index >= 15 is 0 Å². The van der Waals surface area contributed by atoms with Crippen molar-refractivity contribution in [3.05, 3.63) is 78.0 Å². The van der Waals surface area contributed by atoms with Crippen LogP contribution < -0.4 is 5.32 Å². The van der Waals surface area contributed by atoms with Crippen molar-refractivity contribution in [1.82, 2.24) is 10.3 Å². The molecule has 0 aliphatic heterocycles. The van der Waals surface area contributed by atoms with Crippen LogP contribution >= 0.6 is 0 Å². The van der Waals surface area contributed by atoms with E-state index in [4.69, 9.17) is 0 Å². The first-order valence-corrected chi connectivity index (χ1v) is 7.96. The maximum Gasteiger partial charge on any atom is 0.253 e. The highest BCUT2D eigenvalue weighted by molar-refractivity contribution is 6.05. The smallest absolute Gasteiger partial charge is 0.253 e. The Morgan fingerprint density at radius 2 is 1.78 bits per heavy atom. The lowest BCUT2D eigenvalue weighted by atomic mass is 9.96. The van der Waals surface area contributed by atoms with Gasteiger partial charge in [0.2, 0.25) is 0 Å². The molecule has 0 saturated heterocycles. The number of hydrogen-bond acceptors (Lipinski definition) is 2. The largest absolute Gasteiger partial charge is 0.351 e. The molecule has 0 bridgehead atoms. The third kappa shape index (κ3) is 2.59. The summed E-state index contributed by atoms with van der Waals surface area (Å²) in [5.74, 6) is -0.0449. The molecule has 1 fully saturated rings. The van der Waals surface area contributed by atoms with Gasteiger partial charge in [0, 0.05) is 23.5 Å². The van der Waals surface area contributed by atoms with E-state index in [1.807, 2.05) is 36.4 Å². The maximum atomic E-state index is 12.6. The van der Waals surface area contributed by atoms with Crippen molar-refractivity contribution in [2.45, 2.75) is 18.3 Å². The Labute approximate surface area is 135 Å². The normalized spacial score (nSPS) is 15.3. The van der Waals surface area contributed by atoms with Gasteiger partial charge in [-0.15, -0.1) is 0 Å². The van der Waals surface area contributed by atoms with Gasteiger partial charge in [0.15, 0.2) is 0 Å². The molecule has 2 aromatic carbocycles. The van der Waals surface area contributed by atoms with Gasteiger partial charge in [0.1, 0.15) is 0 Å². The van der Waals surface area contributed by atoms with Gasteiger partial charge in [-0.3, -0.25) is 9.78 Å². The molecule has 23 heavy (non-hydrogen) atoms. The molecule has 3 aromatic rings. The first-order valence-electron chi connectivity index (χ1n) is 7.96. The Morgan fingerprint density at radius 3 is 2.57 bits per heavy atom. The topological polar surface area (TPSA) is 42.0 Å². The molecule has 4 rings (SSSR count). The van der Waals surface area contributed by atoms with Crippen LogP contribution in [0.2, 0.25) is 0 Å². The summed E-state index contributed by atoms with van der Waals surface area (Å²) in [6.45, 7) is 0.680. The van der Waals surface area contributed by atoms with Gasteiger partial charge in [-0.25, -0.2) is 0 Å². The molecule has 1 amide bonds. The summed E-state index contributed by atoms with van der Waals surface area (Å²) in [6, 6.07) is 20.0. The zero-order valence-electron chi connectivity index (χ0n) is 12.8. The second-order valence-corrected chi connectivity index (χ2v) is 6.21. The SMILES string of the molecule is O=C(NCC1(c2ccccc2)CC1)c1cccc2cccnc12. The number of pyridine rings is 1. The molecule has 1 N–H and O–H groups in total. The van der Waals surface area contributed by atoms with Crippen molar-refractivity contribution in [3.8, 4) is 0 Å². The van der Waals surface area contributed by atoms with Gasteiger partial charge in [-0.1, -0.05) is 48.5 Å². The van der Waals surface area contributed by atoms with Crippen LogP contribution in [0.15, 0.2) is 66.9 Å². The summed E-state index contributed by atoms with van der Waals surface area (Å²) in [6.07, 6.45) is 3.99. The highest BCUT2D eigenvalue weighted by atomic mass is 16.1. The van der Waals surface area contributed by atoms with Crippen LogP contribution in [0.4, 0.5) is 0 Å². The fourth-order valence-electron chi connectivity index (χ4n) is 3.14. The molecule has 114 valence electrons. The average molecular weight is 302 g/mol. The molecule has 0 spiro atoms. The summed E-state index contributed by atoms with van der Waals surface area (Å²) in [7, 11) is 0. The van der Waals surface area contributed by atoms with Crippen molar-refractivity contribution in [3.63, 3.8) is 0 Å². The second kappa shape index (κ2) is 5.51. The van der Waals surface area contributed by atoms with E-state index < -0.39 is 0 Å². The maximum absolute atomic E-state index is 12.6. The molecular formula is C20H18N2O. The van der Waals surface area contributed by atoms with Crippen LogP contribution in [0.3, 0.4) is 0 Å². The van der Waals surface area contributed by atoms with Gasteiger partial charge in [-0.05, 0) is 30.5 Å². The number of nitrogens with zero attached hydrogens (tertiary/aromatic N) is 1. The van der Waals surface area contributed by atoms with Gasteiger partial charge in [0.05, 0.1) is 11.1 Å². The highest BCUT2D eigenvalue weighted by Crippen LogP contribution is 2.47. The van der Waals surface area contributed by atoms with E-state index in [0.29, 0.717) is 12.1 Å². The average Bonchev–Trinajstić information content (AvgIpc) is 3.41. The van der Waals surface area contributed by atoms with Crippen LogP contribution in [0.25, 0.3) is 10.9 Å². The van der Waals surface area contributed by atoms with Gasteiger partial charge >= 0.3 is 0 Å². The van der Waals surface area contributed by atoms with Crippen molar-refractivity contribution in [2.75, 3.05) is 6.54 Å². The Hall–Kier alpha value is -2.68. The number of para-hydroxylation sites is 1. The minimum atomic E-state index is -0.0449. The Balaban J connectivity index is 1.54. The minimum absolute atomic E-state index is 0.0449. The van der Waals surface area contributed by atoms with Crippen LogP contribution in [-0.4, -0.2) is 17.4 Å². The number of benzene rings is 2. The molecule has 3 heteroatoms. The molecule has 1 saturated carbocycles. The molecule has 1 aromatic heterocycles. The number of rotatable bonds is 4. The van der Waals surface area contributed by atoms with Crippen molar-refractivity contribution in [1.29, 1.82) is 0 Å². The molecule has 1 heterocycles. The third-order valence-corrected chi connectivity index (χ3v) is 4.70. The number of hydrogen-bond donors (Lipinski definition) is 1. The second-order valence-electron chi connectivity index (χ2n) is 6.21. The Kier molecular flexibility index (Phi) is 3.34. The standard InChI is InChI=1S/C20H18N2O/c23-19(17-10-4-6-15-7-5-13-21-18(15)17)22-14-20(11-12-20)16-8-2-1-3-9-16/h1-10,13H,11-12,14H2,(H,22,23). The summed E-state index contributed by atoms with van der Waals surface area (Å²) >= 11 is 0. The van der Waals surface area contributed by atoms with E-state index in [9.17, 15) is 4.79 Å².